The first-order valence-electron chi connectivity index (χ1n) is 5.38. The SMILES string of the molecule is C[Si](C)(Cl)C(CCCl)c1ccc(CCl)cc1. The number of rotatable bonds is 5. The predicted octanol–water partition coefficient (Wildman–Crippen LogP) is 5.12. The third-order valence-corrected chi connectivity index (χ3v) is 6.36. The molecule has 0 bridgehead atoms. The first-order valence-corrected chi connectivity index (χ1v) is 10.5. The van der Waals surface area contributed by atoms with Crippen molar-refractivity contribution in [2.45, 2.75) is 30.9 Å². The molecule has 0 saturated heterocycles. The smallest absolute Gasteiger partial charge is 0.157 e. The van der Waals surface area contributed by atoms with Gasteiger partial charge in [-0.3, -0.25) is 0 Å². The van der Waals surface area contributed by atoms with Gasteiger partial charge in [-0.2, -0.15) is 11.1 Å². The molecular formula is C12H17Cl3Si. The van der Waals surface area contributed by atoms with Gasteiger partial charge in [-0.25, -0.2) is 0 Å². The molecule has 1 unspecified atom stereocenters. The summed E-state index contributed by atoms with van der Waals surface area (Å²) in [5, 5.41) is 0. The van der Waals surface area contributed by atoms with Crippen molar-refractivity contribution in [1.29, 1.82) is 0 Å². The molecule has 1 aromatic carbocycles. The van der Waals surface area contributed by atoms with Crippen LogP contribution in [0, 0.1) is 0 Å². The van der Waals surface area contributed by atoms with Crippen molar-refractivity contribution in [1.82, 2.24) is 0 Å². The van der Waals surface area contributed by atoms with Crippen LogP contribution in [0.4, 0.5) is 0 Å². The minimum atomic E-state index is -1.72. The predicted molar refractivity (Wildman–Crippen MR) is 77.4 cm³/mol. The molecule has 0 fully saturated rings. The Balaban J connectivity index is 2.93. The number of halogens is 3. The van der Waals surface area contributed by atoms with Crippen LogP contribution in [0.15, 0.2) is 24.3 Å². The molecular weight excluding hydrogens is 279 g/mol. The van der Waals surface area contributed by atoms with E-state index in [9.17, 15) is 0 Å². The topological polar surface area (TPSA) is 0 Å². The molecule has 0 nitrogen and oxygen atoms in total. The van der Waals surface area contributed by atoms with Gasteiger partial charge < -0.3 is 0 Å². The maximum atomic E-state index is 6.54. The van der Waals surface area contributed by atoms with Crippen LogP contribution >= 0.6 is 34.3 Å². The van der Waals surface area contributed by atoms with Crippen molar-refractivity contribution in [2.75, 3.05) is 5.88 Å². The van der Waals surface area contributed by atoms with Crippen molar-refractivity contribution in [3.63, 3.8) is 0 Å². The van der Waals surface area contributed by atoms with Crippen molar-refractivity contribution in [3.8, 4) is 0 Å². The molecule has 0 N–H and O–H groups in total. The number of hydrogen-bond donors (Lipinski definition) is 0. The van der Waals surface area contributed by atoms with E-state index in [1.807, 2.05) is 0 Å². The van der Waals surface area contributed by atoms with E-state index in [0.717, 1.165) is 12.0 Å². The summed E-state index contributed by atoms with van der Waals surface area (Å²) in [6.07, 6.45) is 0.949. The summed E-state index contributed by atoms with van der Waals surface area (Å²) in [6.45, 7) is 4.34. The number of benzene rings is 1. The first kappa shape index (κ1) is 14.4. The van der Waals surface area contributed by atoms with Crippen LogP contribution < -0.4 is 0 Å². The fourth-order valence-electron chi connectivity index (χ4n) is 1.85. The quantitative estimate of drug-likeness (QED) is 0.402. The molecule has 0 aliphatic rings. The molecule has 0 heterocycles. The molecule has 1 aromatic rings. The summed E-state index contributed by atoms with van der Waals surface area (Å²) in [5.41, 5.74) is 2.85. The van der Waals surface area contributed by atoms with Gasteiger partial charge in [-0.1, -0.05) is 37.4 Å². The number of hydrogen-bond acceptors (Lipinski definition) is 0. The average Bonchev–Trinajstić information content (AvgIpc) is 2.25. The Labute approximate surface area is 114 Å². The Morgan fingerprint density at radius 1 is 1.12 bits per heavy atom. The Morgan fingerprint density at radius 2 is 1.69 bits per heavy atom. The zero-order chi connectivity index (χ0) is 12.2. The average molecular weight is 296 g/mol. The molecule has 0 amide bonds. The van der Waals surface area contributed by atoms with Crippen molar-refractivity contribution >= 4 is 41.7 Å². The van der Waals surface area contributed by atoms with Crippen LogP contribution in [0.3, 0.4) is 0 Å². The summed E-state index contributed by atoms with van der Waals surface area (Å²) < 4.78 is 0. The third-order valence-electron chi connectivity index (χ3n) is 2.76. The lowest BCUT2D eigenvalue weighted by atomic mass is 10.1. The normalized spacial score (nSPS) is 13.8. The zero-order valence-electron chi connectivity index (χ0n) is 9.64. The molecule has 90 valence electrons. The lowest BCUT2D eigenvalue weighted by Gasteiger charge is -2.26. The van der Waals surface area contributed by atoms with Gasteiger partial charge in [0.25, 0.3) is 0 Å². The van der Waals surface area contributed by atoms with Crippen LogP contribution in [0.2, 0.25) is 13.1 Å². The van der Waals surface area contributed by atoms with Gasteiger partial charge in [0.2, 0.25) is 0 Å². The van der Waals surface area contributed by atoms with E-state index in [0.29, 0.717) is 17.3 Å². The van der Waals surface area contributed by atoms with Gasteiger partial charge in [-0.15, -0.1) is 23.2 Å². The molecule has 4 heteroatoms. The summed E-state index contributed by atoms with van der Waals surface area (Å²) in [7, 11) is -1.72. The lowest BCUT2D eigenvalue weighted by molar-refractivity contribution is 0.861. The zero-order valence-corrected chi connectivity index (χ0v) is 12.9. The summed E-state index contributed by atoms with van der Waals surface area (Å²) in [4.78, 5) is 0. The van der Waals surface area contributed by atoms with Gasteiger partial charge in [-0.05, 0) is 23.1 Å². The third kappa shape index (κ3) is 3.96. The van der Waals surface area contributed by atoms with E-state index in [2.05, 4.69) is 37.4 Å². The van der Waals surface area contributed by atoms with Gasteiger partial charge in [0.05, 0.1) is 0 Å². The van der Waals surface area contributed by atoms with Crippen LogP contribution in [0.25, 0.3) is 0 Å². The van der Waals surface area contributed by atoms with Crippen LogP contribution in [-0.2, 0) is 5.88 Å². The van der Waals surface area contributed by atoms with Gasteiger partial charge in [0.15, 0.2) is 7.38 Å². The van der Waals surface area contributed by atoms with Crippen LogP contribution in [0.5, 0.6) is 0 Å². The second-order valence-electron chi connectivity index (χ2n) is 4.47. The Kier molecular flexibility index (Phi) is 5.65. The molecule has 0 saturated carbocycles. The van der Waals surface area contributed by atoms with E-state index in [-0.39, 0.29) is 0 Å². The summed E-state index contributed by atoms with van der Waals surface area (Å²) in [6, 6.07) is 8.40. The first-order chi connectivity index (χ1) is 7.49. The highest BCUT2D eigenvalue weighted by molar-refractivity contribution is 7.19. The molecule has 16 heavy (non-hydrogen) atoms. The number of alkyl halides is 2. The molecule has 0 aliphatic carbocycles. The fraction of sp³-hybridized carbons (Fsp3) is 0.500. The highest BCUT2D eigenvalue weighted by Crippen LogP contribution is 2.33. The van der Waals surface area contributed by atoms with Gasteiger partial charge >= 0.3 is 0 Å². The maximum absolute atomic E-state index is 6.54. The highest BCUT2D eigenvalue weighted by Gasteiger charge is 2.30. The standard InChI is InChI=1S/C12H17Cl3Si/c1-16(2,15)12(7-8-13)11-5-3-10(9-14)4-6-11/h3-6,12H,7-9H2,1-2H3. The maximum Gasteiger partial charge on any atom is 0.157 e. The van der Waals surface area contributed by atoms with Crippen LogP contribution in [-0.4, -0.2) is 13.3 Å². The molecule has 0 spiro atoms. The van der Waals surface area contributed by atoms with E-state index in [1.165, 1.54) is 5.56 Å². The molecule has 0 aliphatic heterocycles. The Hall–Kier alpha value is 0.307. The second-order valence-corrected chi connectivity index (χ2v) is 11.9. The lowest BCUT2D eigenvalue weighted by Crippen LogP contribution is -2.28. The Bertz CT molecular complexity index is 316. The largest absolute Gasteiger partial charge is 0.167 e. The van der Waals surface area contributed by atoms with Crippen molar-refractivity contribution in [3.05, 3.63) is 35.4 Å². The summed E-state index contributed by atoms with van der Waals surface area (Å²) in [5.74, 6) is 1.22. The van der Waals surface area contributed by atoms with E-state index >= 15 is 0 Å². The minimum Gasteiger partial charge on any atom is -0.167 e. The van der Waals surface area contributed by atoms with E-state index < -0.39 is 7.38 Å². The molecule has 1 rings (SSSR count). The minimum absolute atomic E-state index is 0.413. The van der Waals surface area contributed by atoms with Crippen molar-refractivity contribution < 1.29 is 0 Å². The molecule has 0 radical (unpaired) electrons. The Morgan fingerprint density at radius 3 is 2.06 bits per heavy atom. The van der Waals surface area contributed by atoms with Gasteiger partial charge in [0.1, 0.15) is 0 Å². The molecule has 0 aromatic heterocycles. The van der Waals surface area contributed by atoms with Crippen LogP contribution in [0.1, 0.15) is 23.1 Å². The summed E-state index contributed by atoms with van der Waals surface area (Å²) >= 11 is 18.2. The molecule has 1 atom stereocenters. The second kappa shape index (κ2) is 6.30. The van der Waals surface area contributed by atoms with E-state index in [4.69, 9.17) is 34.3 Å². The highest BCUT2D eigenvalue weighted by atomic mass is 35.6. The van der Waals surface area contributed by atoms with Crippen molar-refractivity contribution in [2.24, 2.45) is 0 Å². The van der Waals surface area contributed by atoms with E-state index in [1.54, 1.807) is 0 Å². The fourth-order valence-corrected chi connectivity index (χ4v) is 4.95. The van der Waals surface area contributed by atoms with Gasteiger partial charge in [0, 0.05) is 11.8 Å². The monoisotopic (exact) mass is 294 g/mol.